The quantitative estimate of drug-likeness (QED) is 0.604. The van der Waals surface area contributed by atoms with Gasteiger partial charge < -0.3 is 20.1 Å². The highest BCUT2D eigenvalue weighted by atomic mass is 32.2. The Hall–Kier alpha value is -1.80. The number of carbonyl (C=O) groups is 1. The molecule has 0 radical (unpaired) electrons. The van der Waals surface area contributed by atoms with E-state index in [2.05, 4.69) is 10.6 Å². The molecule has 0 bridgehead atoms. The molecule has 2 N–H and O–H groups in total. The average Bonchev–Trinajstić information content (AvgIpc) is 2.56. The van der Waals surface area contributed by atoms with E-state index in [0.29, 0.717) is 18.0 Å². The van der Waals surface area contributed by atoms with Crippen molar-refractivity contribution in [2.75, 3.05) is 40.1 Å². The largest absolute Gasteiger partial charge is 0.493 e. The lowest BCUT2D eigenvalue weighted by molar-refractivity contribution is -0.120. The molecule has 0 saturated heterocycles. The van der Waals surface area contributed by atoms with Crippen LogP contribution in [0, 0.1) is 0 Å². The van der Waals surface area contributed by atoms with E-state index in [4.69, 9.17) is 9.47 Å². The molecular formula is C15H24N2O5S. The second kappa shape index (κ2) is 9.36. The summed E-state index contributed by atoms with van der Waals surface area (Å²) in [5, 5.41) is 5.66. The maximum Gasteiger partial charge on any atom is 0.221 e. The number of hydrogen-bond acceptors (Lipinski definition) is 6. The monoisotopic (exact) mass is 344 g/mol. The first kappa shape index (κ1) is 19.2. The molecule has 0 fully saturated rings. The highest BCUT2D eigenvalue weighted by Gasteiger charge is 2.18. The van der Waals surface area contributed by atoms with Gasteiger partial charge in [0.05, 0.1) is 24.9 Å². The molecule has 0 aliphatic carbocycles. The van der Waals surface area contributed by atoms with Gasteiger partial charge in [-0.1, -0.05) is 0 Å². The van der Waals surface area contributed by atoms with Crippen LogP contribution in [-0.4, -0.2) is 54.4 Å². The highest BCUT2D eigenvalue weighted by molar-refractivity contribution is 7.91. The van der Waals surface area contributed by atoms with E-state index < -0.39 is 9.84 Å². The number of sulfone groups is 1. The van der Waals surface area contributed by atoms with Crippen LogP contribution in [0.5, 0.6) is 11.5 Å². The van der Waals surface area contributed by atoms with Crippen LogP contribution in [0.2, 0.25) is 0 Å². The maximum absolute atomic E-state index is 12.3. The van der Waals surface area contributed by atoms with Crippen LogP contribution in [0.3, 0.4) is 0 Å². The van der Waals surface area contributed by atoms with Gasteiger partial charge in [0.15, 0.2) is 21.3 Å². The molecule has 0 heterocycles. The molecule has 0 unspecified atom stereocenters. The fourth-order valence-corrected chi connectivity index (χ4v) is 3.19. The SMILES string of the molecule is CNCCCNC(=O)CCS(=O)(=O)c1ccc(OC)c(OC)c1. The van der Waals surface area contributed by atoms with Gasteiger partial charge in [-0.05, 0) is 32.1 Å². The summed E-state index contributed by atoms with van der Waals surface area (Å²) in [4.78, 5) is 11.8. The zero-order chi connectivity index (χ0) is 17.3. The third-order valence-electron chi connectivity index (χ3n) is 3.24. The van der Waals surface area contributed by atoms with Gasteiger partial charge in [0.1, 0.15) is 0 Å². The highest BCUT2D eigenvalue weighted by Crippen LogP contribution is 2.29. The first-order chi connectivity index (χ1) is 10.9. The summed E-state index contributed by atoms with van der Waals surface area (Å²) < 4.78 is 34.8. The summed E-state index contributed by atoms with van der Waals surface area (Å²) in [7, 11) is 1.19. The number of methoxy groups -OCH3 is 2. The molecular weight excluding hydrogens is 320 g/mol. The molecule has 0 aromatic heterocycles. The maximum atomic E-state index is 12.3. The van der Waals surface area contributed by atoms with Gasteiger partial charge in [-0.2, -0.15) is 0 Å². The molecule has 0 saturated carbocycles. The van der Waals surface area contributed by atoms with Crippen LogP contribution in [0.4, 0.5) is 0 Å². The lowest BCUT2D eigenvalue weighted by atomic mass is 10.3. The Bertz CT molecular complexity index is 616. The first-order valence-corrected chi connectivity index (χ1v) is 8.96. The van der Waals surface area contributed by atoms with Crippen molar-refractivity contribution in [2.45, 2.75) is 17.7 Å². The summed E-state index contributed by atoms with van der Waals surface area (Å²) in [5.74, 6) is 0.268. The second-order valence-electron chi connectivity index (χ2n) is 4.89. The minimum absolute atomic E-state index is 0.0732. The number of carbonyl (C=O) groups excluding carboxylic acids is 1. The van der Waals surface area contributed by atoms with Gasteiger partial charge in [0.25, 0.3) is 0 Å². The standard InChI is InChI=1S/C15H24N2O5S/c1-16-8-4-9-17-15(18)7-10-23(19,20)12-5-6-13(21-2)14(11-12)22-3/h5-6,11,16H,4,7-10H2,1-3H3,(H,17,18). The number of rotatable bonds is 10. The van der Waals surface area contributed by atoms with Crippen molar-refractivity contribution >= 4 is 15.7 Å². The van der Waals surface area contributed by atoms with Gasteiger partial charge in [-0.15, -0.1) is 0 Å². The minimum Gasteiger partial charge on any atom is -0.493 e. The Labute approximate surface area is 137 Å². The second-order valence-corrected chi connectivity index (χ2v) is 7.00. The van der Waals surface area contributed by atoms with Crippen molar-refractivity contribution < 1.29 is 22.7 Å². The molecule has 1 rings (SSSR count). The van der Waals surface area contributed by atoms with Gasteiger partial charge >= 0.3 is 0 Å². The summed E-state index contributed by atoms with van der Waals surface area (Å²) in [6, 6.07) is 4.38. The van der Waals surface area contributed by atoms with Crippen LogP contribution in [0.1, 0.15) is 12.8 Å². The zero-order valence-electron chi connectivity index (χ0n) is 13.7. The van der Waals surface area contributed by atoms with E-state index in [0.717, 1.165) is 13.0 Å². The molecule has 1 aromatic carbocycles. The van der Waals surface area contributed by atoms with E-state index in [1.807, 2.05) is 7.05 Å². The fourth-order valence-electron chi connectivity index (χ4n) is 1.94. The first-order valence-electron chi connectivity index (χ1n) is 7.30. The summed E-state index contributed by atoms with van der Waals surface area (Å²) >= 11 is 0. The summed E-state index contributed by atoms with van der Waals surface area (Å²) in [6.45, 7) is 1.32. The summed E-state index contributed by atoms with van der Waals surface area (Å²) in [5.41, 5.74) is 0. The van der Waals surface area contributed by atoms with E-state index in [9.17, 15) is 13.2 Å². The van der Waals surface area contributed by atoms with Crippen LogP contribution in [0.25, 0.3) is 0 Å². The molecule has 23 heavy (non-hydrogen) atoms. The average molecular weight is 344 g/mol. The Morgan fingerprint density at radius 2 is 1.83 bits per heavy atom. The number of amides is 1. The third-order valence-corrected chi connectivity index (χ3v) is 4.95. The number of benzene rings is 1. The third kappa shape index (κ3) is 6.07. The van der Waals surface area contributed by atoms with Crippen molar-refractivity contribution in [3.05, 3.63) is 18.2 Å². The molecule has 130 valence electrons. The number of hydrogen-bond donors (Lipinski definition) is 2. The molecule has 8 heteroatoms. The van der Waals surface area contributed by atoms with Gasteiger partial charge in [-0.3, -0.25) is 4.79 Å². The molecule has 0 aliphatic rings. The Morgan fingerprint density at radius 3 is 2.43 bits per heavy atom. The van der Waals surface area contributed by atoms with Crippen LogP contribution in [0.15, 0.2) is 23.1 Å². The minimum atomic E-state index is -3.56. The van der Waals surface area contributed by atoms with Gasteiger partial charge in [0, 0.05) is 19.0 Å². The molecule has 0 aliphatic heterocycles. The van der Waals surface area contributed by atoms with E-state index in [1.165, 1.54) is 32.4 Å². The van der Waals surface area contributed by atoms with Crippen molar-refractivity contribution in [3.63, 3.8) is 0 Å². The van der Waals surface area contributed by atoms with Gasteiger partial charge in [0.2, 0.25) is 5.91 Å². The number of ether oxygens (including phenoxy) is 2. The van der Waals surface area contributed by atoms with E-state index >= 15 is 0 Å². The van der Waals surface area contributed by atoms with E-state index in [1.54, 1.807) is 0 Å². The van der Waals surface area contributed by atoms with Crippen molar-refractivity contribution in [3.8, 4) is 11.5 Å². The fraction of sp³-hybridized carbons (Fsp3) is 0.533. The lowest BCUT2D eigenvalue weighted by Crippen LogP contribution is -2.28. The summed E-state index contributed by atoms with van der Waals surface area (Å²) in [6.07, 6.45) is 0.723. The smallest absolute Gasteiger partial charge is 0.221 e. The Kier molecular flexibility index (Phi) is 7.84. The molecule has 0 atom stereocenters. The van der Waals surface area contributed by atoms with Crippen molar-refractivity contribution in [1.29, 1.82) is 0 Å². The molecule has 1 aromatic rings. The van der Waals surface area contributed by atoms with Crippen molar-refractivity contribution in [1.82, 2.24) is 10.6 Å². The Morgan fingerprint density at radius 1 is 1.13 bits per heavy atom. The van der Waals surface area contributed by atoms with Crippen LogP contribution < -0.4 is 20.1 Å². The van der Waals surface area contributed by atoms with Crippen LogP contribution in [-0.2, 0) is 14.6 Å². The topological polar surface area (TPSA) is 93.7 Å². The van der Waals surface area contributed by atoms with E-state index in [-0.39, 0.29) is 23.0 Å². The normalized spacial score (nSPS) is 11.1. The van der Waals surface area contributed by atoms with Gasteiger partial charge in [-0.25, -0.2) is 8.42 Å². The zero-order valence-corrected chi connectivity index (χ0v) is 14.5. The predicted octanol–water partition coefficient (Wildman–Crippen LogP) is 0.593. The molecule has 0 spiro atoms. The molecule has 7 nitrogen and oxygen atoms in total. The Balaban J connectivity index is 2.64. The van der Waals surface area contributed by atoms with Crippen molar-refractivity contribution in [2.24, 2.45) is 0 Å². The number of nitrogens with one attached hydrogen (secondary N) is 2. The predicted molar refractivity (Wildman–Crippen MR) is 87.8 cm³/mol. The van der Waals surface area contributed by atoms with Crippen LogP contribution >= 0.6 is 0 Å². The lowest BCUT2D eigenvalue weighted by Gasteiger charge is -2.10. The molecule has 1 amide bonds.